The normalized spacial score (nSPS) is 18.9. The van der Waals surface area contributed by atoms with Crippen molar-refractivity contribution < 1.29 is 51.5 Å². The Labute approximate surface area is 398 Å². The first-order chi connectivity index (χ1) is 33.1. The van der Waals surface area contributed by atoms with Crippen LogP contribution in [0.1, 0.15) is 50.3 Å². The van der Waals surface area contributed by atoms with E-state index in [0.717, 1.165) is 37.6 Å². The molecule has 2 saturated heterocycles. The third-order valence-electron chi connectivity index (χ3n) is 12.2. The van der Waals surface area contributed by atoms with Gasteiger partial charge >= 0.3 is 0 Å². The van der Waals surface area contributed by atoms with Gasteiger partial charge in [0.1, 0.15) is 17.6 Å². The lowest BCUT2D eigenvalue weighted by Crippen LogP contribution is -2.54. The molecule has 0 radical (unpaired) electrons. The summed E-state index contributed by atoms with van der Waals surface area (Å²) in [7, 11) is -3.55. The van der Waals surface area contributed by atoms with E-state index in [-0.39, 0.29) is 66.1 Å². The van der Waals surface area contributed by atoms with Crippen LogP contribution in [0.4, 0.5) is 10.9 Å². The highest BCUT2D eigenvalue weighted by atomic mass is 32.2. The van der Waals surface area contributed by atoms with Crippen LogP contribution in [-0.4, -0.2) is 138 Å². The molecule has 6 heterocycles. The summed E-state index contributed by atoms with van der Waals surface area (Å²) < 4.78 is 30.0. The van der Waals surface area contributed by atoms with E-state index in [9.17, 15) is 46.8 Å². The summed E-state index contributed by atoms with van der Waals surface area (Å²) in [5.74, 6) is -3.64. The Morgan fingerprint density at radius 2 is 1.67 bits per heavy atom. The molecule has 2 aromatic carbocycles. The van der Waals surface area contributed by atoms with Crippen molar-refractivity contribution in [2.75, 3.05) is 62.3 Å². The number of nitrogens with zero attached hydrogens (tertiary/aromatic N) is 6. The molecule has 3 aliphatic heterocycles. The van der Waals surface area contributed by atoms with E-state index in [1.807, 2.05) is 46.7 Å². The quantitative estimate of drug-likeness (QED) is 0.109. The summed E-state index contributed by atoms with van der Waals surface area (Å²) >= 11 is 1.23. The number of carbonyl (C=O) groups is 8. The number of piperidine rings is 1. The van der Waals surface area contributed by atoms with Gasteiger partial charge in [0.2, 0.25) is 33.7 Å². The first-order valence-corrected chi connectivity index (χ1v) is 24.6. The molecule has 356 valence electrons. The number of hydrogen-bond donors (Lipinski definition) is 4. The van der Waals surface area contributed by atoms with E-state index in [0.29, 0.717) is 43.4 Å². The molecule has 3 fully saturated rings. The molecule has 3 aromatic heterocycles. The number of ether oxygens (including phenoxy) is 1. The van der Waals surface area contributed by atoms with E-state index in [4.69, 9.17) is 4.74 Å². The van der Waals surface area contributed by atoms with Gasteiger partial charge in [0.15, 0.2) is 11.7 Å². The number of pyridine rings is 1. The Bertz CT molecular complexity index is 3050. The molecular weight excluding hydrogens is 933 g/mol. The molecule has 0 bridgehead atoms. The largest absolute Gasteiger partial charge is 0.483 e. The number of thiazole rings is 1. The maximum atomic E-state index is 13.5. The number of benzene rings is 2. The number of anilines is 2. The van der Waals surface area contributed by atoms with Crippen molar-refractivity contribution in [2.45, 2.75) is 25.3 Å². The third-order valence-corrected chi connectivity index (χ3v) is 14.0. The van der Waals surface area contributed by atoms with Crippen LogP contribution in [0.25, 0.3) is 22.4 Å². The predicted octanol–water partition coefficient (Wildman–Crippen LogP) is 1.73. The second kappa shape index (κ2) is 19.1. The standard InChI is InChI=1S/C46H44N10O11S2/c1-69(65,66)55-13-11-29(23-55)41(60)49-22-38(58)52-46-50-33(25-68-46)28-5-2-4-26(18-28)27-10-12-47-36(20-27)53-14-16-54(17-15-53)43(62)32-19-30(32)21-48-39(59)24-67-35-7-3-6-31-40(35)45(64)56(44(31)63)34-8-9-37(57)51-42(34)61/h2-7,10-13,18,20,23,25,30,32,34H,8-9,14-17,19,21-22,24H2,1H3,(H,48,59)(H,49,60)(H,50,52,58)(H,51,57,61). The fourth-order valence-electron chi connectivity index (χ4n) is 8.45. The Morgan fingerprint density at radius 1 is 0.899 bits per heavy atom. The summed E-state index contributed by atoms with van der Waals surface area (Å²) in [5.41, 5.74) is 3.39. The minimum Gasteiger partial charge on any atom is -0.483 e. The molecule has 3 unspecified atom stereocenters. The van der Waals surface area contributed by atoms with Crippen molar-refractivity contribution in [3.8, 4) is 28.1 Å². The van der Waals surface area contributed by atoms with E-state index in [1.165, 1.54) is 48.0 Å². The minimum atomic E-state index is -3.55. The molecule has 3 atom stereocenters. The monoisotopic (exact) mass is 976 g/mol. The van der Waals surface area contributed by atoms with Crippen LogP contribution < -0.4 is 30.9 Å². The fraction of sp³-hybridized carbons (Fsp3) is 0.304. The number of nitrogens with one attached hydrogen (secondary N) is 4. The van der Waals surface area contributed by atoms with Gasteiger partial charge in [0, 0.05) is 74.6 Å². The molecule has 1 aliphatic carbocycles. The molecular formula is C46H44N10O11S2. The topological polar surface area (TPSA) is 268 Å². The van der Waals surface area contributed by atoms with E-state index in [1.54, 1.807) is 6.20 Å². The number of hydrogen-bond acceptors (Lipinski definition) is 15. The Morgan fingerprint density at radius 3 is 2.43 bits per heavy atom. The first kappa shape index (κ1) is 46.3. The highest BCUT2D eigenvalue weighted by molar-refractivity contribution is 7.89. The van der Waals surface area contributed by atoms with E-state index >= 15 is 0 Å². The second-order valence-corrected chi connectivity index (χ2v) is 19.6. The van der Waals surface area contributed by atoms with Crippen LogP contribution in [0.2, 0.25) is 0 Å². The maximum Gasteiger partial charge on any atom is 0.266 e. The van der Waals surface area contributed by atoms with E-state index < -0.39 is 64.0 Å². The molecule has 1 saturated carbocycles. The predicted molar refractivity (Wildman–Crippen MR) is 248 cm³/mol. The smallest absolute Gasteiger partial charge is 0.266 e. The van der Waals surface area contributed by atoms with Gasteiger partial charge in [-0.2, -0.15) is 0 Å². The van der Waals surface area contributed by atoms with Crippen molar-refractivity contribution >= 4 is 79.6 Å². The molecule has 9 rings (SSSR count). The molecule has 5 aromatic rings. The Kier molecular flexibility index (Phi) is 12.8. The number of rotatable bonds is 15. The number of amides is 8. The Hall–Kier alpha value is -7.79. The summed E-state index contributed by atoms with van der Waals surface area (Å²) in [4.78, 5) is 116. The summed E-state index contributed by atoms with van der Waals surface area (Å²) in [6, 6.07) is 16.3. The van der Waals surface area contributed by atoms with Gasteiger partial charge in [-0.25, -0.2) is 18.4 Å². The fourth-order valence-corrected chi connectivity index (χ4v) is 9.77. The molecule has 4 aliphatic rings. The van der Waals surface area contributed by atoms with E-state index in [2.05, 4.69) is 36.1 Å². The van der Waals surface area contributed by atoms with Crippen molar-refractivity contribution in [1.82, 2.24) is 39.7 Å². The number of aromatic nitrogens is 3. The van der Waals surface area contributed by atoms with Gasteiger partial charge in [-0.15, -0.1) is 11.3 Å². The van der Waals surface area contributed by atoms with Gasteiger partial charge in [-0.3, -0.25) is 52.5 Å². The van der Waals surface area contributed by atoms with Gasteiger partial charge in [0.05, 0.1) is 35.2 Å². The molecule has 8 amide bonds. The molecule has 0 spiro atoms. The number of imide groups is 2. The van der Waals surface area contributed by atoms with Crippen molar-refractivity contribution in [3.63, 3.8) is 0 Å². The van der Waals surface area contributed by atoms with Crippen molar-refractivity contribution in [3.05, 3.63) is 101 Å². The summed E-state index contributed by atoms with van der Waals surface area (Å²) in [5, 5.41) is 12.3. The average Bonchev–Trinajstić information content (AvgIpc) is 3.58. The Balaban J connectivity index is 0.717. The van der Waals surface area contributed by atoms with Crippen LogP contribution in [0.15, 0.2) is 84.6 Å². The van der Waals surface area contributed by atoms with Gasteiger partial charge < -0.3 is 30.5 Å². The third kappa shape index (κ3) is 10.1. The zero-order valence-electron chi connectivity index (χ0n) is 36.9. The number of carbonyl (C=O) groups excluding carboxylic acids is 8. The molecule has 4 N–H and O–H groups in total. The van der Waals surface area contributed by atoms with Crippen molar-refractivity contribution in [2.24, 2.45) is 11.8 Å². The molecule has 21 nitrogen and oxygen atoms in total. The van der Waals surface area contributed by atoms with Crippen LogP contribution >= 0.6 is 11.3 Å². The zero-order valence-corrected chi connectivity index (χ0v) is 38.5. The highest BCUT2D eigenvalue weighted by Crippen LogP contribution is 2.40. The van der Waals surface area contributed by atoms with Gasteiger partial charge in [-0.1, -0.05) is 24.3 Å². The first-order valence-electron chi connectivity index (χ1n) is 21.9. The van der Waals surface area contributed by atoms with Crippen LogP contribution in [0.5, 0.6) is 5.75 Å². The van der Waals surface area contributed by atoms with Crippen LogP contribution in [0.3, 0.4) is 0 Å². The number of fused-ring (bicyclic) bond motifs is 1. The zero-order chi connectivity index (χ0) is 48.6. The second-order valence-electron chi connectivity index (χ2n) is 16.9. The highest BCUT2D eigenvalue weighted by Gasteiger charge is 2.47. The molecule has 69 heavy (non-hydrogen) atoms. The lowest BCUT2D eigenvalue weighted by atomic mass is 10.0. The SMILES string of the molecule is CS(=O)(=O)n1ccc(C(=O)NCC(=O)Nc2nc(-c3cccc(-c4ccnc(N5CCN(C(=O)C6CC6CNC(=O)COc6cccc7c6C(=O)N(C6CCC(=O)NC6=O)C7=O)CC5)c4)c3)cs2)c1. The van der Waals surface area contributed by atoms with Crippen LogP contribution in [0, 0.1) is 11.8 Å². The molecule has 23 heteroatoms. The van der Waals surface area contributed by atoms with Gasteiger partial charge in [0.25, 0.3) is 23.6 Å². The van der Waals surface area contributed by atoms with Gasteiger partial charge in [-0.05, 0) is 66.3 Å². The lowest BCUT2D eigenvalue weighted by molar-refractivity contribution is -0.136. The summed E-state index contributed by atoms with van der Waals surface area (Å²) in [6.45, 7) is 1.62. The maximum absolute atomic E-state index is 13.5. The van der Waals surface area contributed by atoms with Crippen molar-refractivity contribution in [1.29, 1.82) is 0 Å². The number of piperazine rings is 1. The average molecular weight is 977 g/mol. The summed E-state index contributed by atoms with van der Waals surface area (Å²) in [6.07, 6.45) is 5.80. The lowest BCUT2D eigenvalue weighted by Gasteiger charge is -2.35. The minimum absolute atomic E-state index is 0.0115. The van der Waals surface area contributed by atoms with Crippen LogP contribution in [-0.2, 0) is 34.0 Å².